The average Bonchev–Trinajstić information content (AvgIpc) is 2.27. The molecular formula is C14H22N2. The molecule has 0 spiro atoms. The first-order chi connectivity index (χ1) is 7.63. The number of anilines is 1. The van der Waals surface area contributed by atoms with E-state index in [1.165, 1.54) is 16.8 Å². The summed E-state index contributed by atoms with van der Waals surface area (Å²) in [5, 5.41) is 3.32. The standard InChI is InChI=1S/C14H22N2/c1-5-15-11-12(2)10-13-6-8-14(9-7-13)16(3)4/h6-10,15H,5,11H2,1-4H3. The molecule has 88 valence electrons. The van der Waals surface area contributed by atoms with Gasteiger partial charge in [-0.2, -0.15) is 0 Å². The van der Waals surface area contributed by atoms with Gasteiger partial charge in [-0.3, -0.25) is 0 Å². The van der Waals surface area contributed by atoms with Crippen LogP contribution in [0.3, 0.4) is 0 Å². The van der Waals surface area contributed by atoms with Crippen LogP contribution < -0.4 is 10.2 Å². The molecule has 0 heterocycles. The number of rotatable bonds is 5. The predicted molar refractivity (Wildman–Crippen MR) is 73.0 cm³/mol. The summed E-state index contributed by atoms with van der Waals surface area (Å²) in [5.41, 5.74) is 3.86. The molecule has 0 aliphatic heterocycles. The van der Waals surface area contributed by atoms with Crippen molar-refractivity contribution in [3.8, 4) is 0 Å². The smallest absolute Gasteiger partial charge is 0.0361 e. The second-order valence-corrected chi connectivity index (χ2v) is 4.26. The molecule has 1 rings (SSSR count). The normalized spacial score (nSPS) is 11.6. The van der Waals surface area contributed by atoms with Gasteiger partial charge in [-0.25, -0.2) is 0 Å². The maximum Gasteiger partial charge on any atom is 0.0361 e. The molecule has 16 heavy (non-hydrogen) atoms. The Labute approximate surface area is 99.0 Å². The van der Waals surface area contributed by atoms with Crippen molar-refractivity contribution >= 4 is 11.8 Å². The Morgan fingerprint density at radius 1 is 1.25 bits per heavy atom. The van der Waals surface area contributed by atoms with E-state index in [0.717, 1.165) is 13.1 Å². The SMILES string of the molecule is CCNCC(C)=Cc1ccc(N(C)C)cc1. The van der Waals surface area contributed by atoms with Gasteiger partial charge in [-0.05, 0) is 31.2 Å². The number of likely N-dealkylation sites (N-methyl/N-ethyl adjacent to an activating group) is 1. The van der Waals surface area contributed by atoms with E-state index >= 15 is 0 Å². The molecule has 1 aromatic carbocycles. The van der Waals surface area contributed by atoms with Crippen molar-refractivity contribution in [3.63, 3.8) is 0 Å². The zero-order chi connectivity index (χ0) is 12.0. The van der Waals surface area contributed by atoms with E-state index in [-0.39, 0.29) is 0 Å². The quantitative estimate of drug-likeness (QED) is 0.817. The highest BCUT2D eigenvalue weighted by molar-refractivity contribution is 5.57. The highest BCUT2D eigenvalue weighted by Gasteiger charge is 1.95. The molecule has 0 fully saturated rings. The van der Waals surface area contributed by atoms with E-state index in [1.807, 2.05) is 0 Å². The van der Waals surface area contributed by atoms with Crippen LogP contribution in [0.15, 0.2) is 29.8 Å². The largest absolute Gasteiger partial charge is 0.378 e. The first-order valence-electron chi connectivity index (χ1n) is 5.78. The van der Waals surface area contributed by atoms with E-state index in [2.05, 4.69) is 68.5 Å². The lowest BCUT2D eigenvalue weighted by atomic mass is 10.1. The first-order valence-corrected chi connectivity index (χ1v) is 5.78. The summed E-state index contributed by atoms with van der Waals surface area (Å²) in [6, 6.07) is 8.61. The highest BCUT2D eigenvalue weighted by Crippen LogP contribution is 2.14. The molecule has 0 bridgehead atoms. The number of benzene rings is 1. The van der Waals surface area contributed by atoms with Crippen molar-refractivity contribution in [3.05, 3.63) is 35.4 Å². The zero-order valence-corrected chi connectivity index (χ0v) is 10.7. The van der Waals surface area contributed by atoms with Crippen molar-refractivity contribution in [1.29, 1.82) is 0 Å². The third-order valence-electron chi connectivity index (χ3n) is 2.48. The summed E-state index contributed by atoms with van der Waals surface area (Å²) in [7, 11) is 4.11. The Balaban J connectivity index is 2.67. The van der Waals surface area contributed by atoms with Gasteiger partial charge in [-0.15, -0.1) is 0 Å². The van der Waals surface area contributed by atoms with Gasteiger partial charge in [0.2, 0.25) is 0 Å². The molecule has 0 aliphatic carbocycles. The van der Waals surface area contributed by atoms with E-state index in [9.17, 15) is 0 Å². The van der Waals surface area contributed by atoms with Gasteiger partial charge in [0.25, 0.3) is 0 Å². The molecule has 0 aliphatic rings. The Bertz CT molecular complexity index is 336. The molecule has 1 aromatic rings. The van der Waals surface area contributed by atoms with E-state index in [1.54, 1.807) is 0 Å². The topological polar surface area (TPSA) is 15.3 Å². The molecule has 0 aromatic heterocycles. The Morgan fingerprint density at radius 3 is 2.38 bits per heavy atom. The van der Waals surface area contributed by atoms with Gasteiger partial charge >= 0.3 is 0 Å². The third-order valence-corrected chi connectivity index (χ3v) is 2.48. The van der Waals surface area contributed by atoms with Crippen LogP contribution in [0.25, 0.3) is 6.08 Å². The third kappa shape index (κ3) is 4.07. The number of hydrogen-bond donors (Lipinski definition) is 1. The van der Waals surface area contributed by atoms with Gasteiger partial charge in [0.05, 0.1) is 0 Å². The summed E-state index contributed by atoms with van der Waals surface area (Å²) in [5.74, 6) is 0. The summed E-state index contributed by atoms with van der Waals surface area (Å²) in [4.78, 5) is 2.11. The van der Waals surface area contributed by atoms with Crippen LogP contribution >= 0.6 is 0 Å². The molecule has 0 saturated carbocycles. The van der Waals surface area contributed by atoms with Crippen molar-refractivity contribution in [2.75, 3.05) is 32.1 Å². The molecule has 0 saturated heterocycles. The van der Waals surface area contributed by atoms with Crippen molar-refractivity contribution in [1.82, 2.24) is 5.32 Å². The van der Waals surface area contributed by atoms with Gasteiger partial charge in [0, 0.05) is 26.3 Å². The minimum Gasteiger partial charge on any atom is -0.378 e. The van der Waals surface area contributed by atoms with Crippen LogP contribution in [0.2, 0.25) is 0 Å². The fourth-order valence-electron chi connectivity index (χ4n) is 1.53. The van der Waals surface area contributed by atoms with E-state index in [4.69, 9.17) is 0 Å². The summed E-state index contributed by atoms with van der Waals surface area (Å²) in [6.45, 7) is 6.26. The fraction of sp³-hybridized carbons (Fsp3) is 0.429. The molecule has 0 unspecified atom stereocenters. The highest BCUT2D eigenvalue weighted by atomic mass is 15.1. The second-order valence-electron chi connectivity index (χ2n) is 4.26. The lowest BCUT2D eigenvalue weighted by Crippen LogP contribution is -2.14. The Hall–Kier alpha value is -1.28. The number of nitrogens with zero attached hydrogens (tertiary/aromatic N) is 1. The molecule has 2 heteroatoms. The molecule has 0 atom stereocenters. The molecule has 1 N–H and O–H groups in total. The van der Waals surface area contributed by atoms with E-state index in [0.29, 0.717) is 0 Å². The second kappa shape index (κ2) is 6.33. The van der Waals surface area contributed by atoms with Gasteiger partial charge in [0.1, 0.15) is 0 Å². The number of hydrogen-bond acceptors (Lipinski definition) is 2. The van der Waals surface area contributed by atoms with Crippen molar-refractivity contribution in [2.24, 2.45) is 0 Å². The van der Waals surface area contributed by atoms with E-state index < -0.39 is 0 Å². The Kier molecular flexibility index (Phi) is 5.06. The Morgan fingerprint density at radius 2 is 1.88 bits per heavy atom. The minimum absolute atomic E-state index is 0.964. The predicted octanol–water partition coefficient (Wildman–Crippen LogP) is 2.77. The first kappa shape index (κ1) is 12.8. The van der Waals surface area contributed by atoms with Crippen LogP contribution in [0.1, 0.15) is 19.4 Å². The van der Waals surface area contributed by atoms with Crippen molar-refractivity contribution in [2.45, 2.75) is 13.8 Å². The maximum absolute atomic E-state index is 3.32. The van der Waals surface area contributed by atoms with Crippen LogP contribution in [0, 0.1) is 0 Å². The van der Waals surface area contributed by atoms with Crippen LogP contribution in [-0.2, 0) is 0 Å². The summed E-state index contributed by atoms with van der Waals surface area (Å²) >= 11 is 0. The van der Waals surface area contributed by atoms with Crippen LogP contribution in [0.5, 0.6) is 0 Å². The lowest BCUT2D eigenvalue weighted by molar-refractivity contribution is 0.778. The van der Waals surface area contributed by atoms with Crippen LogP contribution in [-0.4, -0.2) is 27.2 Å². The molecule has 0 amide bonds. The molecule has 2 nitrogen and oxygen atoms in total. The summed E-state index contributed by atoms with van der Waals surface area (Å²) in [6.07, 6.45) is 2.22. The van der Waals surface area contributed by atoms with Gasteiger partial charge in [0.15, 0.2) is 0 Å². The monoisotopic (exact) mass is 218 g/mol. The number of nitrogens with one attached hydrogen (secondary N) is 1. The molecular weight excluding hydrogens is 196 g/mol. The van der Waals surface area contributed by atoms with Crippen LogP contribution in [0.4, 0.5) is 5.69 Å². The van der Waals surface area contributed by atoms with Gasteiger partial charge < -0.3 is 10.2 Å². The summed E-state index contributed by atoms with van der Waals surface area (Å²) < 4.78 is 0. The maximum atomic E-state index is 3.32. The molecule has 0 radical (unpaired) electrons. The minimum atomic E-state index is 0.964. The fourth-order valence-corrected chi connectivity index (χ4v) is 1.53. The van der Waals surface area contributed by atoms with Gasteiger partial charge in [-0.1, -0.05) is 30.7 Å². The zero-order valence-electron chi connectivity index (χ0n) is 10.7. The average molecular weight is 218 g/mol. The van der Waals surface area contributed by atoms with Crippen molar-refractivity contribution < 1.29 is 0 Å². The lowest BCUT2D eigenvalue weighted by Gasteiger charge is -2.12.